The van der Waals surface area contributed by atoms with E-state index in [2.05, 4.69) is 37.1 Å². The lowest BCUT2D eigenvalue weighted by Crippen LogP contribution is -3.00. The van der Waals surface area contributed by atoms with Crippen molar-refractivity contribution in [3.05, 3.63) is 48.6 Å². The van der Waals surface area contributed by atoms with E-state index in [0.717, 1.165) is 11.5 Å². The van der Waals surface area contributed by atoms with Crippen LogP contribution in [0.5, 0.6) is 0 Å². The number of aliphatic hydroxyl groups is 1. The standard InChI is InChI=1S/C12H17OS.ClH/c1-3-12(13)10-14(2)9-11-7-5-4-6-8-11;/h3-8,12-13H,1,9-10H2,2H3;1H/q+1;/p-1. The van der Waals surface area contributed by atoms with Crippen LogP contribution in [0.15, 0.2) is 43.0 Å². The Kier molecular flexibility index (Phi) is 7.57. The van der Waals surface area contributed by atoms with E-state index in [9.17, 15) is 5.11 Å². The number of hydrogen-bond acceptors (Lipinski definition) is 1. The predicted octanol–water partition coefficient (Wildman–Crippen LogP) is -1.01. The number of aliphatic hydroxyl groups excluding tert-OH is 1. The fraction of sp³-hybridized carbons (Fsp3) is 0.333. The van der Waals surface area contributed by atoms with Gasteiger partial charge in [-0.05, 0) is 10.9 Å². The summed E-state index contributed by atoms with van der Waals surface area (Å²) in [7, 11) is 0.228. The number of halogens is 1. The molecule has 0 spiro atoms. The van der Waals surface area contributed by atoms with E-state index in [1.807, 2.05) is 6.07 Å². The van der Waals surface area contributed by atoms with Crippen LogP contribution in [0, 0.1) is 0 Å². The van der Waals surface area contributed by atoms with Crippen LogP contribution in [0.25, 0.3) is 0 Å². The van der Waals surface area contributed by atoms with E-state index in [1.165, 1.54) is 5.56 Å². The molecule has 0 aliphatic heterocycles. The molecule has 1 aromatic carbocycles. The van der Waals surface area contributed by atoms with Crippen molar-refractivity contribution in [2.75, 3.05) is 12.0 Å². The number of rotatable bonds is 5. The summed E-state index contributed by atoms with van der Waals surface area (Å²) in [6.07, 6.45) is 3.43. The minimum Gasteiger partial charge on any atom is -1.00 e. The zero-order chi connectivity index (χ0) is 10.4. The Bertz CT molecular complexity index is 276. The highest BCUT2D eigenvalue weighted by atomic mass is 35.5. The Morgan fingerprint density at radius 1 is 1.40 bits per heavy atom. The summed E-state index contributed by atoms with van der Waals surface area (Å²) in [6.45, 7) is 3.58. The molecular weight excluding hydrogens is 228 g/mol. The normalized spacial score (nSPS) is 13.7. The molecule has 1 aromatic rings. The third-order valence-corrected chi connectivity index (χ3v) is 3.72. The summed E-state index contributed by atoms with van der Waals surface area (Å²) in [5, 5.41) is 9.40. The van der Waals surface area contributed by atoms with E-state index in [0.29, 0.717) is 0 Å². The molecule has 0 fully saturated rings. The molecule has 0 bridgehead atoms. The van der Waals surface area contributed by atoms with Crippen molar-refractivity contribution in [2.45, 2.75) is 11.9 Å². The van der Waals surface area contributed by atoms with E-state index in [-0.39, 0.29) is 29.4 Å². The maximum atomic E-state index is 9.40. The minimum absolute atomic E-state index is 0. The van der Waals surface area contributed by atoms with E-state index >= 15 is 0 Å². The van der Waals surface area contributed by atoms with Gasteiger partial charge in [-0.3, -0.25) is 0 Å². The Hall–Kier alpha value is -0.440. The summed E-state index contributed by atoms with van der Waals surface area (Å²) in [4.78, 5) is 0. The highest BCUT2D eigenvalue weighted by Crippen LogP contribution is 2.07. The molecule has 0 radical (unpaired) electrons. The molecule has 0 aliphatic carbocycles. The van der Waals surface area contributed by atoms with Gasteiger partial charge in [-0.15, -0.1) is 6.58 Å². The lowest BCUT2D eigenvalue weighted by Gasteiger charge is -2.06. The summed E-state index contributed by atoms with van der Waals surface area (Å²) >= 11 is 0. The smallest absolute Gasteiger partial charge is 0.137 e. The molecule has 84 valence electrons. The highest BCUT2D eigenvalue weighted by molar-refractivity contribution is 7.95. The van der Waals surface area contributed by atoms with Crippen molar-refractivity contribution in [1.29, 1.82) is 0 Å². The van der Waals surface area contributed by atoms with Crippen molar-refractivity contribution in [3.8, 4) is 0 Å². The second-order valence-corrected chi connectivity index (χ2v) is 5.57. The minimum atomic E-state index is -0.355. The van der Waals surface area contributed by atoms with Crippen LogP contribution in [-0.2, 0) is 16.6 Å². The van der Waals surface area contributed by atoms with Crippen LogP contribution in [0.1, 0.15) is 5.56 Å². The van der Waals surface area contributed by atoms with Crippen LogP contribution in [0.2, 0.25) is 0 Å². The maximum Gasteiger partial charge on any atom is 0.137 e. The summed E-state index contributed by atoms with van der Waals surface area (Å²) < 4.78 is 0. The average molecular weight is 245 g/mol. The largest absolute Gasteiger partial charge is 1.00 e. The van der Waals surface area contributed by atoms with Gasteiger partial charge in [0.15, 0.2) is 0 Å². The van der Waals surface area contributed by atoms with Gasteiger partial charge in [-0.1, -0.05) is 36.4 Å². The molecule has 0 saturated carbocycles. The zero-order valence-electron chi connectivity index (χ0n) is 8.90. The first kappa shape index (κ1) is 14.6. The first-order valence-electron chi connectivity index (χ1n) is 4.66. The molecule has 2 unspecified atom stereocenters. The fourth-order valence-corrected chi connectivity index (χ4v) is 2.88. The number of hydrogen-bond donors (Lipinski definition) is 1. The molecule has 0 saturated heterocycles. The molecule has 1 nitrogen and oxygen atoms in total. The van der Waals surface area contributed by atoms with Gasteiger partial charge in [-0.25, -0.2) is 0 Å². The van der Waals surface area contributed by atoms with E-state index in [4.69, 9.17) is 0 Å². The Morgan fingerprint density at radius 2 is 2.00 bits per heavy atom. The van der Waals surface area contributed by atoms with Gasteiger partial charge in [0.05, 0.1) is 6.26 Å². The van der Waals surface area contributed by atoms with Crippen LogP contribution in [-0.4, -0.2) is 23.2 Å². The summed E-state index contributed by atoms with van der Waals surface area (Å²) in [5.41, 5.74) is 1.34. The predicted molar refractivity (Wildman–Crippen MR) is 64.5 cm³/mol. The fourth-order valence-electron chi connectivity index (χ4n) is 1.28. The second kappa shape index (κ2) is 7.80. The molecule has 0 heterocycles. The molecular formula is C12H17ClOS. The van der Waals surface area contributed by atoms with Crippen molar-refractivity contribution < 1.29 is 17.5 Å². The van der Waals surface area contributed by atoms with Crippen molar-refractivity contribution in [3.63, 3.8) is 0 Å². The van der Waals surface area contributed by atoms with E-state index < -0.39 is 0 Å². The summed E-state index contributed by atoms with van der Waals surface area (Å²) in [6, 6.07) is 10.4. The van der Waals surface area contributed by atoms with Gasteiger partial charge in [0, 0.05) is 5.56 Å². The molecule has 0 aromatic heterocycles. The molecule has 3 heteroatoms. The van der Waals surface area contributed by atoms with Crippen LogP contribution in [0.3, 0.4) is 0 Å². The van der Waals surface area contributed by atoms with Gasteiger partial charge in [0.2, 0.25) is 0 Å². The van der Waals surface area contributed by atoms with Gasteiger partial charge in [0.25, 0.3) is 0 Å². The average Bonchev–Trinajstić information content (AvgIpc) is 2.19. The van der Waals surface area contributed by atoms with Crippen LogP contribution >= 0.6 is 0 Å². The first-order chi connectivity index (χ1) is 6.72. The molecule has 15 heavy (non-hydrogen) atoms. The van der Waals surface area contributed by atoms with Crippen LogP contribution in [0.4, 0.5) is 0 Å². The third kappa shape index (κ3) is 5.88. The SMILES string of the molecule is C=CC(O)C[S+](C)Cc1ccccc1.[Cl-]. The lowest BCUT2D eigenvalue weighted by atomic mass is 10.2. The molecule has 0 amide bonds. The Morgan fingerprint density at radius 3 is 2.53 bits per heavy atom. The second-order valence-electron chi connectivity index (χ2n) is 3.38. The van der Waals surface area contributed by atoms with Crippen LogP contribution < -0.4 is 12.4 Å². The van der Waals surface area contributed by atoms with Gasteiger partial charge < -0.3 is 17.5 Å². The highest BCUT2D eigenvalue weighted by Gasteiger charge is 2.15. The maximum absolute atomic E-state index is 9.40. The summed E-state index contributed by atoms with van der Waals surface area (Å²) in [5.74, 6) is 1.87. The lowest BCUT2D eigenvalue weighted by molar-refractivity contribution is -0.00000470. The van der Waals surface area contributed by atoms with Gasteiger partial charge >= 0.3 is 0 Å². The monoisotopic (exact) mass is 244 g/mol. The first-order valence-corrected chi connectivity index (χ1v) is 6.63. The van der Waals surface area contributed by atoms with Gasteiger partial charge in [0.1, 0.15) is 17.6 Å². The quantitative estimate of drug-likeness (QED) is 0.520. The molecule has 2 atom stereocenters. The Balaban J connectivity index is 0.00000196. The molecule has 1 rings (SSSR count). The zero-order valence-corrected chi connectivity index (χ0v) is 10.5. The third-order valence-electron chi connectivity index (χ3n) is 1.98. The van der Waals surface area contributed by atoms with Crippen molar-refractivity contribution in [1.82, 2.24) is 0 Å². The van der Waals surface area contributed by atoms with Crippen molar-refractivity contribution in [2.24, 2.45) is 0 Å². The molecule has 0 aliphatic rings. The topological polar surface area (TPSA) is 20.2 Å². The molecule has 1 N–H and O–H groups in total. The van der Waals surface area contributed by atoms with Crippen molar-refractivity contribution >= 4 is 10.9 Å². The van der Waals surface area contributed by atoms with Gasteiger partial charge in [-0.2, -0.15) is 0 Å². The Labute approximate surface area is 101 Å². The number of benzene rings is 1. The van der Waals surface area contributed by atoms with E-state index in [1.54, 1.807) is 6.08 Å².